The van der Waals surface area contributed by atoms with Crippen LogP contribution in [0.5, 0.6) is 0 Å². The first kappa shape index (κ1) is 8.87. The van der Waals surface area contributed by atoms with Crippen LogP contribution < -0.4 is 5.32 Å². The Labute approximate surface area is 80.0 Å². The second-order valence-corrected chi connectivity index (χ2v) is 2.94. The molecule has 1 unspecified atom stereocenters. The fourth-order valence-electron chi connectivity index (χ4n) is 1.23. The number of pyridine rings is 1. The van der Waals surface area contributed by atoms with E-state index in [0.717, 1.165) is 6.07 Å². The largest absolute Gasteiger partial charge is 0.353 e. The minimum atomic E-state index is -1.78. The summed E-state index contributed by atoms with van der Waals surface area (Å²) in [6.45, 7) is 0. The van der Waals surface area contributed by atoms with Gasteiger partial charge < -0.3 is 5.32 Å². The average molecular weight is 194 g/mol. The molecule has 1 aromatic heterocycles. The zero-order chi connectivity index (χ0) is 10.0. The number of alkyl halides is 1. The molecule has 1 aliphatic rings. The van der Waals surface area contributed by atoms with Gasteiger partial charge >= 0.3 is 0 Å². The molecule has 1 aromatic rings. The van der Waals surface area contributed by atoms with Gasteiger partial charge in [0, 0.05) is 11.8 Å². The summed E-state index contributed by atoms with van der Waals surface area (Å²) in [5.74, 6) is -2.40. The third-order valence-electron chi connectivity index (χ3n) is 1.97. The van der Waals surface area contributed by atoms with Crippen LogP contribution in [0.1, 0.15) is 5.56 Å². The summed E-state index contributed by atoms with van der Waals surface area (Å²) in [7, 11) is 0. The van der Waals surface area contributed by atoms with Crippen molar-refractivity contribution in [3.8, 4) is 0 Å². The first-order valence-corrected chi connectivity index (χ1v) is 4.14. The Morgan fingerprint density at radius 2 is 2.14 bits per heavy atom. The van der Waals surface area contributed by atoms with Crippen LogP contribution in [0.3, 0.4) is 0 Å². The molecule has 0 amide bonds. The number of nitrogens with one attached hydrogen (secondary N) is 1. The molecule has 1 N–H and O–H groups in total. The summed E-state index contributed by atoms with van der Waals surface area (Å²) >= 11 is 0. The van der Waals surface area contributed by atoms with Gasteiger partial charge in [-0.15, -0.1) is 0 Å². The predicted octanol–water partition coefficient (Wildman–Crippen LogP) is 2.02. The van der Waals surface area contributed by atoms with Crippen molar-refractivity contribution in [1.82, 2.24) is 10.3 Å². The van der Waals surface area contributed by atoms with E-state index in [4.69, 9.17) is 0 Å². The van der Waals surface area contributed by atoms with Crippen LogP contribution in [-0.4, -0.2) is 4.98 Å². The number of nitrogens with zero attached hydrogens (tertiary/aromatic N) is 1. The van der Waals surface area contributed by atoms with Crippen molar-refractivity contribution in [2.75, 3.05) is 0 Å². The summed E-state index contributed by atoms with van der Waals surface area (Å²) in [5, 5.41) is 2.53. The van der Waals surface area contributed by atoms with Crippen LogP contribution in [0.4, 0.5) is 8.78 Å². The fraction of sp³-hybridized carbons (Fsp3) is 0.100. The lowest BCUT2D eigenvalue weighted by atomic mass is 10.0. The van der Waals surface area contributed by atoms with Gasteiger partial charge in [0.2, 0.25) is 11.7 Å². The Hall–Kier alpha value is -1.71. The first-order chi connectivity index (χ1) is 6.71. The molecule has 1 aliphatic heterocycles. The predicted molar refractivity (Wildman–Crippen MR) is 48.4 cm³/mol. The summed E-state index contributed by atoms with van der Waals surface area (Å²) in [6.07, 6.45) is 7.27. The lowest BCUT2D eigenvalue weighted by Crippen LogP contribution is -2.33. The molecule has 0 fully saturated rings. The summed E-state index contributed by atoms with van der Waals surface area (Å²) in [4.78, 5) is 3.39. The molecule has 2 rings (SSSR count). The van der Waals surface area contributed by atoms with E-state index in [1.54, 1.807) is 12.2 Å². The van der Waals surface area contributed by atoms with E-state index in [2.05, 4.69) is 10.3 Å². The third kappa shape index (κ3) is 1.51. The normalized spacial score (nSPS) is 24.7. The Balaban J connectivity index is 2.34. The second-order valence-electron chi connectivity index (χ2n) is 2.94. The highest BCUT2D eigenvalue weighted by molar-refractivity contribution is 5.28. The molecule has 0 radical (unpaired) electrons. The number of allylic oxidation sites excluding steroid dienone is 2. The van der Waals surface area contributed by atoms with E-state index in [1.807, 2.05) is 0 Å². The molecule has 4 heteroatoms. The number of halogens is 2. The maximum Gasteiger partial charge on any atom is 0.226 e. The SMILES string of the molecule is Fc1ccc(C2(F)C=CC=CN2)cn1. The maximum atomic E-state index is 14.0. The molecule has 0 aromatic carbocycles. The van der Waals surface area contributed by atoms with Crippen LogP contribution in [0, 0.1) is 5.95 Å². The van der Waals surface area contributed by atoms with Crippen molar-refractivity contribution in [3.63, 3.8) is 0 Å². The van der Waals surface area contributed by atoms with Crippen LogP contribution in [0.2, 0.25) is 0 Å². The molecule has 0 spiro atoms. The van der Waals surface area contributed by atoms with Crippen molar-refractivity contribution in [2.45, 2.75) is 5.79 Å². The van der Waals surface area contributed by atoms with E-state index >= 15 is 0 Å². The van der Waals surface area contributed by atoms with Gasteiger partial charge in [-0.1, -0.05) is 6.08 Å². The maximum absolute atomic E-state index is 14.0. The minimum absolute atomic E-state index is 0.277. The zero-order valence-corrected chi connectivity index (χ0v) is 7.24. The second kappa shape index (κ2) is 3.21. The monoisotopic (exact) mass is 194 g/mol. The van der Waals surface area contributed by atoms with Gasteiger partial charge in [-0.05, 0) is 30.5 Å². The molecule has 2 heterocycles. The Bertz CT molecular complexity index is 384. The van der Waals surface area contributed by atoms with Gasteiger partial charge in [-0.25, -0.2) is 9.37 Å². The topological polar surface area (TPSA) is 24.9 Å². The van der Waals surface area contributed by atoms with E-state index in [9.17, 15) is 8.78 Å². The minimum Gasteiger partial charge on any atom is -0.353 e. The first-order valence-electron chi connectivity index (χ1n) is 4.14. The molecule has 0 saturated carbocycles. The highest BCUT2D eigenvalue weighted by atomic mass is 19.1. The molecule has 2 nitrogen and oxygen atoms in total. The fourth-order valence-corrected chi connectivity index (χ4v) is 1.23. The molecule has 0 saturated heterocycles. The summed E-state index contributed by atoms with van der Waals surface area (Å²) in [5.41, 5.74) is 0.277. The van der Waals surface area contributed by atoms with Crippen molar-refractivity contribution in [3.05, 3.63) is 54.3 Å². The molecule has 0 aliphatic carbocycles. The third-order valence-corrected chi connectivity index (χ3v) is 1.97. The number of rotatable bonds is 1. The van der Waals surface area contributed by atoms with Crippen LogP contribution in [0.25, 0.3) is 0 Å². The lowest BCUT2D eigenvalue weighted by molar-refractivity contribution is 0.199. The zero-order valence-electron chi connectivity index (χ0n) is 7.24. The van der Waals surface area contributed by atoms with Gasteiger partial charge in [0.1, 0.15) is 0 Å². The Morgan fingerprint density at radius 1 is 1.29 bits per heavy atom. The van der Waals surface area contributed by atoms with E-state index in [0.29, 0.717) is 0 Å². The number of aromatic nitrogens is 1. The molecular weight excluding hydrogens is 186 g/mol. The quantitative estimate of drug-likeness (QED) is 0.546. The van der Waals surface area contributed by atoms with Crippen LogP contribution in [-0.2, 0) is 5.79 Å². The van der Waals surface area contributed by atoms with Crippen LogP contribution in [0.15, 0.2) is 42.8 Å². The van der Waals surface area contributed by atoms with Crippen LogP contribution >= 0.6 is 0 Å². The number of hydrogen-bond donors (Lipinski definition) is 1. The van der Waals surface area contributed by atoms with E-state index in [1.165, 1.54) is 24.5 Å². The highest BCUT2D eigenvalue weighted by Crippen LogP contribution is 2.25. The van der Waals surface area contributed by atoms with Gasteiger partial charge in [0.25, 0.3) is 0 Å². The number of hydrogen-bond acceptors (Lipinski definition) is 2. The smallest absolute Gasteiger partial charge is 0.226 e. The molecule has 72 valence electrons. The average Bonchev–Trinajstić information content (AvgIpc) is 2.19. The molecular formula is C10H8F2N2. The molecule has 0 bridgehead atoms. The van der Waals surface area contributed by atoms with E-state index < -0.39 is 11.7 Å². The lowest BCUT2D eigenvalue weighted by Gasteiger charge is -2.23. The van der Waals surface area contributed by atoms with Gasteiger partial charge in [-0.2, -0.15) is 4.39 Å². The van der Waals surface area contributed by atoms with Gasteiger partial charge in [0.15, 0.2) is 0 Å². The molecule has 14 heavy (non-hydrogen) atoms. The molecule has 1 atom stereocenters. The van der Waals surface area contributed by atoms with Crippen molar-refractivity contribution < 1.29 is 8.78 Å². The van der Waals surface area contributed by atoms with Crippen molar-refractivity contribution in [2.24, 2.45) is 0 Å². The van der Waals surface area contributed by atoms with Gasteiger partial charge in [0.05, 0.1) is 0 Å². The Kier molecular flexibility index (Phi) is 2.04. The standard InChI is InChI=1S/C10H8F2N2/c11-9-4-3-8(7-13-9)10(12)5-1-2-6-14-10/h1-7,14H. The number of dihydropyridines is 1. The van der Waals surface area contributed by atoms with Crippen molar-refractivity contribution in [1.29, 1.82) is 0 Å². The summed E-state index contributed by atoms with van der Waals surface area (Å²) < 4.78 is 26.5. The highest BCUT2D eigenvalue weighted by Gasteiger charge is 2.28. The Morgan fingerprint density at radius 3 is 2.71 bits per heavy atom. The van der Waals surface area contributed by atoms with E-state index in [-0.39, 0.29) is 5.56 Å². The van der Waals surface area contributed by atoms with Gasteiger partial charge in [-0.3, -0.25) is 0 Å². The van der Waals surface area contributed by atoms with Crippen molar-refractivity contribution >= 4 is 0 Å². The summed E-state index contributed by atoms with van der Waals surface area (Å²) in [6, 6.07) is 2.49.